The Kier molecular flexibility index (Phi) is 2.38. The van der Waals surface area contributed by atoms with Gasteiger partial charge in [-0.25, -0.2) is 0 Å². The molecule has 0 amide bonds. The van der Waals surface area contributed by atoms with E-state index < -0.39 is 0 Å². The predicted molar refractivity (Wildman–Crippen MR) is 72.5 cm³/mol. The lowest BCUT2D eigenvalue weighted by atomic mass is 9.77. The Hall–Kier alpha value is -0.770. The number of rotatable bonds is 1. The van der Waals surface area contributed by atoms with Crippen molar-refractivity contribution in [3.05, 3.63) is 0 Å². The van der Waals surface area contributed by atoms with Gasteiger partial charge in [0, 0.05) is 19.1 Å². The second-order valence-electron chi connectivity index (χ2n) is 6.62. The summed E-state index contributed by atoms with van der Waals surface area (Å²) in [7, 11) is 0. The van der Waals surface area contributed by atoms with Crippen LogP contribution in [0, 0.1) is 5.92 Å². The largest absolute Gasteiger partial charge is 0.370 e. The molecule has 4 rings (SSSR count). The highest BCUT2D eigenvalue weighted by molar-refractivity contribution is 5.81. The standard InChI is InChI=1S/C14H24N4/c15-13-16-10-14(18(13)12-3-1-2-4-12)6-8-17-7-5-11(14)9-17/h11-12H,1-10H2,(H2,15,16). The quantitative estimate of drug-likeness (QED) is 0.753. The van der Waals surface area contributed by atoms with Crippen molar-refractivity contribution < 1.29 is 0 Å². The van der Waals surface area contributed by atoms with Crippen LogP contribution in [0.15, 0.2) is 4.99 Å². The molecule has 3 atom stereocenters. The minimum absolute atomic E-state index is 0.298. The Labute approximate surface area is 109 Å². The van der Waals surface area contributed by atoms with Gasteiger partial charge in [0.25, 0.3) is 0 Å². The Morgan fingerprint density at radius 1 is 1.17 bits per heavy atom. The van der Waals surface area contributed by atoms with Gasteiger partial charge in [-0.1, -0.05) is 12.8 Å². The highest BCUT2D eigenvalue weighted by Crippen LogP contribution is 2.45. The van der Waals surface area contributed by atoms with Crippen molar-refractivity contribution in [2.45, 2.75) is 50.1 Å². The Bertz CT molecular complexity index is 374. The number of hydrogen-bond acceptors (Lipinski definition) is 4. The zero-order chi connectivity index (χ0) is 12.2. The zero-order valence-electron chi connectivity index (χ0n) is 11.1. The van der Waals surface area contributed by atoms with Crippen molar-refractivity contribution in [2.75, 3.05) is 26.2 Å². The van der Waals surface area contributed by atoms with E-state index in [-0.39, 0.29) is 0 Å². The van der Waals surface area contributed by atoms with E-state index in [0.29, 0.717) is 11.6 Å². The molecule has 0 aromatic heterocycles. The molecule has 4 heteroatoms. The molecule has 3 aliphatic heterocycles. The van der Waals surface area contributed by atoms with Gasteiger partial charge in [0.1, 0.15) is 0 Å². The maximum atomic E-state index is 6.26. The fourth-order valence-corrected chi connectivity index (χ4v) is 4.87. The highest BCUT2D eigenvalue weighted by Gasteiger charge is 2.54. The molecule has 2 bridgehead atoms. The van der Waals surface area contributed by atoms with Gasteiger partial charge in [0.2, 0.25) is 0 Å². The lowest BCUT2D eigenvalue weighted by molar-refractivity contribution is 0.0461. The number of guanidine groups is 1. The number of nitrogens with two attached hydrogens (primary N) is 1. The van der Waals surface area contributed by atoms with Gasteiger partial charge in [0.05, 0.1) is 12.1 Å². The average Bonchev–Trinajstić information content (AvgIpc) is 3.05. The minimum Gasteiger partial charge on any atom is -0.370 e. The summed E-state index contributed by atoms with van der Waals surface area (Å²) in [6.45, 7) is 4.80. The minimum atomic E-state index is 0.298. The lowest BCUT2D eigenvalue weighted by Gasteiger charge is -2.49. The molecule has 0 aromatic rings. The predicted octanol–water partition coefficient (Wildman–Crippen LogP) is 1.02. The van der Waals surface area contributed by atoms with Crippen LogP contribution in [0.5, 0.6) is 0 Å². The average molecular weight is 248 g/mol. The third kappa shape index (κ3) is 1.38. The molecule has 0 radical (unpaired) electrons. The van der Waals surface area contributed by atoms with Crippen molar-refractivity contribution in [1.82, 2.24) is 9.80 Å². The topological polar surface area (TPSA) is 44.9 Å². The molecule has 1 spiro atoms. The third-order valence-corrected chi connectivity index (χ3v) is 5.82. The van der Waals surface area contributed by atoms with Crippen molar-refractivity contribution >= 4 is 5.96 Å². The smallest absolute Gasteiger partial charge is 0.192 e. The molecular weight excluding hydrogens is 224 g/mol. The monoisotopic (exact) mass is 248 g/mol. The fraction of sp³-hybridized carbons (Fsp3) is 0.929. The summed E-state index contributed by atoms with van der Waals surface area (Å²) in [6, 6.07) is 0.684. The van der Waals surface area contributed by atoms with Crippen LogP contribution in [0.3, 0.4) is 0 Å². The molecule has 3 fully saturated rings. The van der Waals surface area contributed by atoms with Gasteiger partial charge in [-0.3, -0.25) is 4.99 Å². The molecule has 18 heavy (non-hydrogen) atoms. The van der Waals surface area contributed by atoms with Crippen molar-refractivity contribution in [3.63, 3.8) is 0 Å². The summed E-state index contributed by atoms with van der Waals surface area (Å²) < 4.78 is 0. The molecule has 2 N–H and O–H groups in total. The van der Waals surface area contributed by atoms with E-state index in [9.17, 15) is 0 Å². The number of fused-ring (bicyclic) bond motifs is 3. The Morgan fingerprint density at radius 3 is 2.83 bits per heavy atom. The van der Waals surface area contributed by atoms with E-state index in [4.69, 9.17) is 5.73 Å². The van der Waals surface area contributed by atoms with Crippen LogP contribution in [0.2, 0.25) is 0 Å². The van der Waals surface area contributed by atoms with E-state index in [1.807, 2.05) is 0 Å². The van der Waals surface area contributed by atoms with Crippen molar-refractivity contribution in [3.8, 4) is 0 Å². The molecule has 2 saturated heterocycles. The van der Waals surface area contributed by atoms with E-state index in [1.165, 1.54) is 58.2 Å². The van der Waals surface area contributed by atoms with E-state index in [1.54, 1.807) is 0 Å². The van der Waals surface area contributed by atoms with E-state index in [2.05, 4.69) is 14.8 Å². The first-order valence-corrected chi connectivity index (χ1v) is 7.61. The molecule has 1 saturated carbocycles. The van der Waals surface area contributed by atoms with Gasteiger partial charge in [0.15, 0.2) is 5.96 Å². The summed E-state index contributed by atoms with van der Waals surface area (Å²) in [5.74, 6) is 1.65. The molecule has 1 aliphatic carbocycles. The Morgan fingerprint density at radius 2 is 2.00 bits per heavy atom. The summed E-state index contributed by atoms with van der Waals surface area (Å²) in [6.07, 6.45) is 8.04. The second kappa shape index (κ2) is 3.86. The van der Waals surface area contributed by atoms with Crippen LogP contribution in [0.25, 0.3) is 0 Å². The molecule has 100 valence electrons. The molecule has 4 aliphatic rings. The summed E-state index contributed by atoms with van der Waals surface area (Å²) in [5, 5.41) is 0. The maximum absolute atomic E-state index is 6.26. The Balaban J connectivity index is 1.66. The summed E-state index contributed by atoms with van der Waals surface area (Å²) >= 11 is 0. The molecular formula is C14H24N4. The third-order valence-electron chi connectivity index (χ3n) is 5.82. The van der Waals surface area contributed by atoms with Crippen molar-refractivity contribution in [1.29, 1.82) is 0 Å². The molecule has 3 unspecified atom stereocenters. The summed E-state index contributed by atoms with van der Waals surface area (Å²) in [4.78, 5) is 9.86. The van der Waals surface area contributed by atoms with Crippen molar-refractivity contribution in [2.24, 2.45) is 16.6 Å². The maximum Gasteiger partial charge on any atom is 0.192 e. The van der Waals surface area contributed by atoms with Crippen LogP contribution in [0.1, 0.15) is 38.5 Å². The highest BCUT2D eigenvalue weighted by atomic mass is 15.4. The first-order valence-electron chi connectivity index (χ1n) is 7.61. The van der Waals surface area contributed by atoms with Crippen LogP contribution in [-0.2, 0) is 0 Å². The van der Waals surface area contributed by atoms with Gasteiger partial charge >= 0.3 is 0 Å². The first kappa shape index (κ1) is 11.1. The number of aliphatic imine (C=N–C) groups is 1. The normalized spacial score (nSPS) is 44.0. The number of hydrogen-bond donors (Lipinski definition) is 1. The van der Waals surface area contributed by atoms with Crippen LogP contribution in [-0.4, -0.2) is 53.5 Å². The number of piperidine rings is 1. The molecule has 3 heterocycles. The number of nitrogens with zero attached hydrogens (tertiary/aromatic N) is 3. The summed E-state index contributed by atoms with van der Waals surface area (Å²) in [5.41, 5.74) is 6.55. The zero-order valence-corrected chi connectivity index (χ0v) is 11.1. The van der Waals surface area contributed by atoms with Gasteiger partial charge < -0.3 is 15.5 Å². The van der Waals surface area contributed by atoms with Crippen LogP contribution in [0.4, 0.5) is 0 Å². The van der Waals surface area contributed by atoms with Gasteiger partial charge in [-0.15, -0.1) is 0 Å². The molecule has 0 aromatic carbocycles. The van der Waals surface area contributed by atoms with E-state index in [0.717, 1.165) is 18.4 Å². The SMILES string of the molecule is NC1=NCC2(CCN3CCC2C3)N1C1CCCC1. The van der Waals surface area contributed by atoms with E-state index >= 15 is 0 Å². The van der Waals surface area contributed by atoms with Gasteiger partial charge in [-0.05, 0) is 38.1 Å². The van der Waals surface area contributed by atoms with Gasteiger partial charge in [-0.2, -0.15) is 0 Å². The lowest BCUT2D eigenvalue weighted by Crippen LogP contribution is -2.62. The molecule has 4 nitrogen and oxygen atoms in total. The second-order valence-corrected chi connectivity index (χ2v) is 6.62. The van der Waals surface area contributed by atoms with Crippen LogP contribution < -0.4 is 5.73 Å². The first-order chi connectivity index (χ1) is 8.79. The van der Waals surface area contributed by atoms with Crippen LogP contribution >= 0.6 is 0 Å². The fourth-order valence-electron chi connectivity index (χ4n) is 4.87.